The number of nitrogens with two attached hydrogens (primary N) is 1. The second kappa shape index (κ2) is 4.85. The summed E-state index contributed by atoms with van der Waals surface area (Å²) in [6.07, 6.45) is 1.56. The highest BCUT2D eigenvalue weighted by Gasteiger charge is 2.37. The van der Waals surface area contributed by atoms with E-state index in [0.29, 0.717) is 11.5 Å². The molecule has 1 amide bonds. The zero-order valence-electron chi connectivity index (χ0n) is 11.2. The smallest absolute Gasteiger partial charge is 0.249 e. The largest absolute Gasteiger partial charge is 0.316 e. The Morgan fingerprint density at radius 2 is 2.14 bits per heavy atom. The fourth-order valence-electron chi connectivity index (χ4n) is 2.43. The summed E-state index contributed by atoms with van der Waals surface area (Å²) in [6, 6.07) is 2.35. The zero-order chi connectivity index (χ0) is 15.1. The third-order valence-corrected chi connectivity index (χ3v) is 3.36. The maximum absolute atomic E-state index is 13.8. The summed E-state index contributed by atoms with van der Waals surface area (Å²) in [4.78, 5) is 21.6. The van der Waals surface area contributed by atoms with E-state index in [1.165, 1.54) is 4.90 Å². The molecule has 1 unspecified atom stereocenters. The highest BCUT2D eigenvalue weighted by molar-refractivity contribution is 6.04. The molecule has 1 aromatic carbocycles. The van der Waals surface area contributed by atoms with E-state index in [1.54, 1.807) is 19.2 Å². The van der Waals surface area contributed by atoms with Gasteiger partial charge in [0.2, 0.25) is 5.91 Å². The summed E-state index contributed by atoms with van der Waals surface area (Å²) in [5.41, 5.74) is 6.47. The van der Waals surface area contributed by atoms with Crippen LogP contribution in [0, 0.1) is 18.6 Å². The molecule has 0 saturated carbocycles. The Kier molecular flexibility index (Phi) is 3.13. The van der Waals surface area contributed by atoms with Gasteiger partial charge in [0.15, 0.2) is 0 Å². The van der Waals surface area contributed by atoms with Crippen LogP contribution < -0.4 is 10.6 Å². The summed E-state index contributed by atoms with van der Waals surface area (Å²) in [6.45, 7) is 1.81. The molecule has 5 nitrogen and oxygen atoms in total. The standard InChI is InChI=1S/C14H12F2N4O/c1-7-18-3-2-9(19-7)6-20-11-5-8(15)4-10(16)12(11)13(17)14(20)21/h2-5,13H,6,17H2,1H3. The third-order valence-electron chi connectivity index (χ3n) is 3.36. The van der Waals surface area contributed by atoms with Crippen molar-refractivity contribution in [1.29, 1.82) is 0 Å². The van der Waals surface area contributed by atoms with Gasteiger partial charge in [-0.05, 0) is 19.1 Å². The van der Waals surface area contributed by atoms with Gasteiger partial charge in [0.25, 0.3) is 0 Å². The van der Waals surface area contributed by atoms with Crippen LogP contribution in [0.3, 0.4) is 0 Å². The summed E-state index contributed by atoms with van der Waals surface area (Å²) < 4.78 is 27.2. The number of amides is 1. The summed E-state index contributed by atoms with van der Waals surface area (Å²) in [7, 11) is 0. The zero-order valence-corrected chi connectivity index (χ0v) is 11.2. The van der Waals surface area contributed by atoms with Crippen molar-refractivity contribution in [3.05, 3.63) is 53.1 Å². The summed E-state index contributed by atoms with van der Waals surface area (Å²) >= 11 is 0. The molecule has 1 atom stereocenters. The molecule has 7 heteroatoms. The topological polar surface area (TPSA) is 72.1 Å². The molecule has 0 saturated heterocycles. The van der Waals surface area contributed by atoms with E-state index in [4.69, 9.17) is 5.73 Å². The number of aromatic nitrogens is 2. The van der Waals surface area contributed by atoms with Gasteiger partial charge >= 0.3 is 0 Å². The number of anilines is 1. The third kappa shape index (κ3) is 2.25. The normalized spacial score (nSPS) is 17.2. The number of carbonyl (C=O) groups is 1. The number of benzene rings is 1. The molecule has 108 valence electrons. The maximum atomic E-state index is 13.8. The van der Waals surface area contributed by atoms with Crippen LogP contribution in [0.5, 0.6) is 0 Å². The predicted octanol–water partition coefficient (Wildman–Crippen LogP) is 1.61. The highest BCUT2D eigenvalue weighted by Crippen LogP contribution is 2.37. The van der Waals surface area contributed by atoms with Crippen LogP contribution in [-0.4, -0.2) is 15.9 Å². The molecular formula is C14H12F2N4O. The number of carbonyl (C=O) groups excluding carboxylic acids is 1. The van der Waals surface area contributed by atoms with Gasteiger partial charge in [0.05, 0.1) is 17.9 Å². The van der Waals surface area contributed by atoms with Crippen LogP contribution in [0.1, 0.15) is 23.1 Å². The van der Waals surface area contributed by atoms with Crippen molar-refractivity contribution in [3.8, 4) is 0 Å². The number of aryl methyl sites for hydroxylation is 1. The summed E-state index contributed by atoms with van der Waals surface area (Å²) in [5.74, 6) is -1.50. The number of hydrogen-bond donors (Lipinski definition) is 1. The lowest BCUT2D eigenvalue weighted by atomic mass is 10.1. The lowest BCUT2D eigenvalue weighted by Gasteiger charge is -2.17. The van der Waals surface area contributed by atoms with Crippen molar-refractivity contribution in [2.24, 2.45) is 5.73 Å². The Hall–Kier alpha value is -2.41. The number of hydrogen-bond acceptors (Lipinski definition) is 4. The van der Waals surface area contributed by atoms with E-state index >= 15 is 0 Å². The molecule has 2 heterocycles. The SMILES string of the molecule is Cc1nccc(CN2C(=O)C(N)c3c(F)cc(F)cc32)n1. The van der Waals surface area contributed by atoms with E-state index in [2.05, 4.69) is 9.97 Å². The minimum Gasteiger partial charge on any atom is -0.316 e. The first-order valence-corrected chi connectivity index (χ1v) is 6.32. The van der Waals surface area contributed by atoms with Gasteiger partial charge in [-0.3, -0.25) is 4.79 Å². The van der Waals surface area contributed by atoms with E-state index in [-0.39, 0.29) is 17.8 Å². The monoisotopic (exact) mass is 290 g/mol. The molecule has 2 N–H and O–H groups in total. The number of fused-ring (bicyclic) bond motifs is 1. The molecule has 3 rings (SSSR count). The first-order valence-electron chi connectivity index (χ1n) is 6.32. The van der Waals surface area contributed by atoms with Crippen LogP contribution in [0.25, 0.3) is 0 Å². The predicted molar refractivity (Wildman–Crippen MR) is 71.2 cm³/mol. The van der Waals surface area contributed by atoms with Crippen molar-refractivity contribution in [1.82, 2.24) is 9.97 Å². The molecule has 0 aliphatic carbocycles. The van der Waals surface area contributed by atoms with Gasteiger partial charge in [0.1, 0.15) is 23.5 Å². The fraction of sp³-hybridized carbons (Fsp3) is 0.214. The molecule has 1 aliphatic rings. The van der Waals surface area contributed by atoms with Crippen LogP contribution >= 0.6 is 0 Å². The average molecular weight is 290 g/mol. The molecule has 1 aliphatic heterocycles. The van der Waals surface area contributed by atoms with Crippen LogP contribution in [0.4, 0.5) is 14.5 Å². The van der Waals surface area contributed by atoms with Gasteiger partial charge in [-0.15, -0.1) is 0 Å². The second-order valence-electron chi connectivity index (χ2n) is 4.82. The lowest BCUT2D eigenvalue weighted by molar-refractivity contribution is -0.119. The molecular weight excluding hydrogens is 278 g/mol. The van der Waals surface area contributed by atoms with Crippen molar-refractivity contribution in [3.63, 3.8) is 0 Å². The van der Waals surface area contributed by atoms with Gasteiger partial charge < -0.3 is 10.6 Å². The van der Waals surface area contributed by atoms with E-state index in [0.717, 1.165) is 12.1 Å². The van der Waals surface area contributed by atoms with E-state index in [9.17, 15) is 13.6 Å². The molecule has 0 spiro atoms. The Balaban J connectivity index is 2.03. The van der Waals surface area contributed by atoms with Gasteiger partial charge in [-0.25, -0.2) is 18.7 Å². The van der Waals surface area contributed by atoms with Crippen molar-refractivity contribution in [2.75, 3.05) is 4.90 Å². The Morgan fingerprint density at radius 3 is 2.86 bits per heavy atom. The van der Waals surface area contributed by atoms with Crippen LogP contribution in [0.15, 0.2) is 24.4 Å². The molecule has 21 heavy (non-hydrogen) atoms. The molecule has 0 fully saturated rings. The molecule has 2 aromatic rings. The maximum Gasteiger partial charge on any atom is 0.249 e. The lowest BCUT2D eigenvalue weighted by Crippen LogP contribution is -2.31. The van der Waals surface area contributed by atoms with Gasteiger partial charge in [0, 0.05) is 17.8 Å². The Bertz CT molecular complexity index is 735. The molecule has 0 bridgehead atoms. The van der Waals surface area contributed by atoms with Gasteiger partial charge in [-0.2, -0.15) is 0 Å². The Labute approximate surface area is 119 Å². The second-order valence-corrected chi connectivity index (χ2v) is 4.82. The molecule has 0 radical (unpaired) electrons. The van der Waals surface area contributed by atoms with Gasteiger partial charge in [-0.1, -0.05) is 0 Å². The first kappa shape index (κ1) is 13.6. The molecule has 1 aromatic heterocycles. The minimum atomic E-state index is -1.12. The first-order chi connectivity index (χ1) is 9.97. The van der Waals surface area contributed by atoms with E-state index in [1.807, 2.05) is 0 Å². The minimum absolute atomic E-state index is 0.0205. The Morgan fingerprint density at radius 1 is 1.38 bits per heavy atom. The van der Waals surface area contributed by atoms with Crippen LogP contribution in [-0.2, 0) is 11.3 Å². The quantitative estimate of drug-likeness (QED) is 0.912. The van der Waals surface area contributed by atoms with Crippen LogP contribution in [0.2, 0.25) is 0 Å². The number of halogens is 2. The van der Waals surface area contributed by atoms with Crippen molar-refractivity contribution < 1.29 is 13.6 Å². The van der Waals surface area contributed by atoms with Crippen molar-refractivity contribution >= 4 is 11.6 Å². The fourth-order valence-corrected chi connectivity index (χ4v) is 2.43. The number of nitrogens with zero attached hydrogens (tertiary/aromatic N) is 3. The van der Waals surface area contributed by atoms with E-state index < -0.39 is 23.6 Å². The van der Waals surface area contributed by atoms with Crippen molar-refractivity contribution in [2.45, 2.75) is 19.5 Å². The number of rotatable bonds is 2. The average Bonchev–Trinajstić information content (AvgIpc) is 2.64. The summed E-state index contributed by atoms with van der Waals surface area (Å²) in [5, 5.41) is 0. The highest BCUT2D eigenvalue weighted by atomic mass is 19.1.